The number of benzene rings is 1. The van der Waals surface area contributed by atoms with Gasteiger partial charge in [0.1, 0.15) is 11.5 Å². The summed E-state index contributed by atoms with van der Waals surface area (Å²) in [5, 5.41) is 3.45. The van der Waals surface area contributed by atoms with Crippen molar-refractivity contribution in [1.29, 1.82) is 0 Å². The van der Waals surface area contributed by atoms with Gasteiger partial charge in [-0.1, -0.05) is 0 Å². The molecule has 0 bridgehead atoms. The molecular weight excluding hydrogens is 437 g/mol. The van der Waals surface area contributed by atoms with Crippen molar-refractivity contribution in [1.82, 2.24) is 10.2 Å². The molecule has 1 N–H and O–H groups in total. The Kier molecular flexibility index (Phi) is 8.49. The lowest BCUT2D eigenvalue weighted by Crippen LogP contribution is -2.50. The number of hydrogen-bond donors (Lipinski definition) is 1. The Morgan fingerprint density at radius 2 is 2.08 bits per heavy atom. The summed E-state index contributed by atoms with van der Waals surface area (Å²) < 4.78 is 11.0. The van der Waals surface area contributed by atoms with Crippen molar-refractivity contribution < 1.29 is 9.47 Å². The molecule has 24 heavy (non-hydrogen) atoms. The molecule has 0 aliphatic carbocycles. The fourth-order valence-corrected chi connectivity index (χ4v) is 3.81. The van der Waals surface area contributed by atoms with Crippen molar-refractivity contribution in [3.63, 3.8) is 0 Å². The summed E-state index contributed by atoms with van der Waals surface area (Å²) >= 11 is 2.02. The minimum Gasteiger partial charge on any atom is -0.497 e. The molecule has 2 rings (SSSR count). The standard InChI is InChI=1S/C17H27N3O2S.HI/c1-17(2)12-20(8-9-23-17)16(18-3)19-11-13-6-7-14(21-4)10-15(13)22-5;/h6-7,10H,8-9,11-12H2,1-5H3,(H,18,19);1H. The highest BCUT2D eigenvalue weighted by Crippen LogP contribution is 2.29. The van der Waals surface area contributed by atoms with Crippen LogP contribution in [0.2, 0.25) is 0 Å². The SMILES string of the molecule is CN=C(NCc1ccc(OC)cc1OC)N1CCSC(C)(C)C1.I. The van der Waals surface area contributed by atoms with Crippen molar-refractivity contribution in [2.45, 2.75) is 25.1 Å². The molecule has 0 spiro atoms. The van der Waals surface area contributed by atoms with Gasteiger partial charge in [0.25, 0.3) is 0 Å². The second-order valence-corrected chi connectivity index (χ2v) is 7.91. The molecule has 1 aromatic carbocycles. The normalized spacial score (nSPS) is 17.0. The molecule has 0 unspecified atom stereocenters. The Hall–Kier alpha value is -0.830. The first kappa shape index (κ1) is 21.2. The van der Waals surface area contributed by atoms with E-state index in [4.69, 9.17) is 9.47 Å². The maximum Gasteiger partial charge on any atom is 0.193 e. The number of hydrogen-bond acceptors (Lipinski definition) is 4. The Labute approximate surface area is 166 Å². The first-order chi connectivity index (χ1) is 11.0. The van der Waals surface area contributed by atoms with Crippen LogP contribution in [0.1, 0.15) is 19.4 Å². The maximum atomic E-state index is 5.46. The first-order valence-corrected chi connectivity index (χ1v) is 8.78. The molecule has 5 nitrogen and oxygen atoms in total. The smallest absolute Gasteiger partial charge is 0.193 e. The average Bonchev–Trinajstić information content (AvgIpc) is 2.54. The zero-order valence-electron chi connectivity index (χ0n) is 15.1. The van der Waals surface area contributed by atoms with E-state index in [0.29, 0.717) is 6.54 Å². The summed E-state index contributed by atoms with van der Waals surface area (Å²) in [7, 11) is 5.17. The molecule has 1 fully saturated rings. The Morgan fingerprint density at radius 1 is 1.33 bits per heavy atom. The minimum absolute atomic E-state index is 0. The highest BCUT2D eigenvalue weighted by Gasteiger charge is 2.28. The Morgan fingerprint density at radius 3 is 2.67 bits per heavy atom. The van der Waals surface area contributed by atoms with Gasteiger partial charge in [-0.15, -0.1) is 24.0 Å². The van der Waals surface area contributed by atoms with Gasteiger partial charge in [0.05, 0.1) is 14.2 Å². The molecular formula is C17H28IN3O2S. The third-order valence-electron chi connectivity index (χ3n) is 3.87. The van der Waals surface area contributed by atoms with Crippen LogP contribution < -0.4 is 14.8 Å². The predicted octanol–water partition coefficient (Wildman–Crippen LogP) is 3.22. The van der Waals surface area contributed by atoms with E-state index < -0.39 is 0 Å². The molecule has 0 radical (unpaired) electrons. The summed E-state index contributed by atoms with van der Waals surface area (Å²) in [5.74, 6) is 3.68. The monoisotopic (exact) mass is 465 g/mol. The molecule has 1 heterocycles. The molecule has 0 amide bonds. The molecule has 0 atom stereocenters. The number of ether oxygens (including phenoxy) is 2. The highest BCUT2D eigenvalue weighted by molar-refractivity contribution is 14.0. The van der Waals surface area contributed by atoms with Crippen LogP contribution in [-0.4, -0.2) is 55.7 Å². The fourth-order valence-electron chi connectivity index (χ4n) is 2.70. The number of nitrogens with zero attached hydrogens (tertiary/aromatic N) is 2. The van der Waals surface area contributed by atoms with Crippen LogP contribution in [0.25, 0.3) is 0 Å². The fraction of sp³-hybridized carbons (Fsp3) is 0.588. The van der Waals surface area contributed by atoms with Crippen LogP contribution in [-0.2, 0) is 6.54 Å². The molecule has 1 saturated heterocycles. The molecule has 7 heteroatoms. The van der Waals surface area contributed by atoms with E-state index in [0.717, 1.165) is 41.9 Å². The van der Waals surface area contributed by atoms with Crippen molar-refractivity contribution >= 4 is 41.7 Å². The predicted molar refractivity (Wildman–Crippen MR) is 113 cm³/mol. The van der Waals surface area contributed by atoms with Gasteiger partial charge in [-0.2, -0.15) is 11.8 Å². The third kappa shape index (κ3) is 5.61. The number of halogens is 1. The molecule has 0 saturated carbocycles. The molecule has 136 valence electrons. The molecule has 1 aliphatic rings. The van der Waals surface area contributed by atoms with Crippen LogP contribution >= 0.6 is 35.7 Å². The van der Waals surface area contributed by atoms with Gasteiger partial charge in [0.2, 0.25) is 0 Å². The highest BCUT2D eigenvalue weighted by atomic mass is 127. The van der Waals surface area contributed by atoms with E-state index in [1.54, 1.807) is 14.2 Å². The zero-order valence-corrected chi connectivity index (χ0v) is 18.2. The number of nitrogens with one attached hydrogen (secondary N) is 1. The summed E-state index contributed by atoms with van der Waals surface area (Å²) in [5.41, 5.74) is 1.08. The second kappa shape index (κ2) is 9.60. The van der Waals surface area contributed by atoms with Crippen LogP contribution in [0.5, 0.6) is 11.5 Å². The third-order valence-corrected chi connectivity index (χ3v) is 5.17. The number of thioether (sulfide) groups is 1. The number of methoxy groups -OCH3 is 2. The number of rotatable bonds is 4. The summed E-state index contributed by atoms with van der Waals surface area (Å²) in [6.07, 6.45) is 0. The van der Waals surface area contributed by atoms with Gasteiger partial charge in [-0.3, -0.25) is 4.99 Å². The number of guanidine groups is 1. The van der Waals surface area contributed by atoms with E-state index in [2.05, 4.69) is 29.1 Å². The zero-order chi connectivity index (χ0) is 16.9. The lowest BCUT2D eigenvalue weighted by atomic mass is 10.2. The maximum absolute atomic E-state index is 5.46. The quantitative estimate of drug-likeness (QED) is 0.421. The largest absolute Gasteiger partial charge is 0.497 e. The van der Waals surface area contributed by atoms with Crippen molar-refractivity contribution in [2.75, 3.05) is 40.1 Å². The van der Waals surface area contributed by atoms with Crippen LogP contribution in [0, 0.1) is 0 Å². The van der Waals surface area contributed by atoms with Crippen molar-refractivity contribution in [3.8, 4) is 11.5 Å². The molecule has 1 aliphatic heterocycles. The summed E-state index contributed by atoms with van der Waals surface area (Å²) in [6, 6.07) is 5.87. The van der Waals surface area contributed by atoms with E-state index in [9.17, 15) is 0 Å². The van der Waals surface area contributed by atoms with Crippen molar-refractivity contribution in [3.05, 3.63) is 23.8 Å². The lowest BCUT2D eigenvalue weighted by molar-refractivity contribution is 0.373. The van der Waals surface area contributed by atoms with Gasteiger partial charge in [0, 0.05) is 48.8 Å². The number of aliphatic imine (C=N–C) groups is 1. The van der Waals surface area contributed by atoms with Gasteiger partial charge in [-0.05, 0) is 26.0 Å². The van der Waals surface area contributed by atoms with E-state index in [-0.39, 0.29) is 28.7 Å². The van der Waals surface area contributed by atoms with Crippen LogP contribution in [0.3, 0.4) is 0 Å². The van der Waals surface area contributed by atoms with E-state index in [1.165, 1.54) is 0 Å². The van der Waals surface area contributed by atoms with E-state index in [1.807, 2.05) is 37.0 Å². The molecule has 0 aromatic heterocycles. The second-order valence-electron chi connectivity index (χ2n) is 6.11. The average molecular weight is 465 g/mol. The van der Waals surface area contributed by atoms with Gasteiger partial charge >= 0.3 is 0 Å². The van der Waals surface area contributed by atoms with Crippen molar-refractivity contribution in [2.24, 2.45) is 4.99 Å². The minimum atomic E-state index is 0. The summed E-state index contributed by atoms with van der Waals surface area (Å²) in [6.45, 7) is 7.25. The topological polar surface area (TPSA) is 46.1 Å². The van der Waals surface area contributed by atoms with Gasteiger partial charge in [-0.25, -0.2) is 0 Å². The van der Waals surface area contributed by atoms with Gasteiger partial charge in [0.15, 0.2) is 5.96 Å². The Balaban J connectivity index is 0.00000288. The first-order valence-electron chi connectivity index (χ1n) is 7.79. The lowest BCUT2D eigenvalue weighted by Gasteiger charge is -2.39. The Bertz CT molecular complexity index is 567. The van der Waals surface area contributed by atoms with Crippen LogP contribution in [0.4, 0.5) is 0 Å². The van der Waals surface area contributed by atoms with Crippen LogP contribution in [0.15, 0.2) is 23.2 Å². The molecule has 1 aromatic rings. The van der Waals surface area contributed by atoms with Gasteiger partial charge < -0.3 is 19.7 Å². The van der Waals surface area contributed by atoms with E-state index >= 15 is 0 Å². The summed E-state index contributed by atoms with van der Waals surface area (Å²) in [4.78, 5) is 6.76.